The summed E-state index contributed by atoms with van der Waals surface area (Å²) in [6.45, 7) is 4.95. The van der Waals surface area contributed by atoms with E-state index in [0.717, 1.165) is 20.8 Å². The third kappa shape index (κ3) is 4.97. The maximum Gasteiger partial charge on any atom is 0.286 e. The number of aryl methyl sites for hydroxylation is 2. The van der Waals surface area contributed by atoms with E-state index in [1.54, 1.807) is 30.3 Å². The van der Waals surface area contributed by atoms with Crippen LogP contribution in [0.1, 0.15) is 22.3 Å². The highest BCUT2D eigenvalue weighted by Gasteiger charge is 2.24. The van der Waals surface area contributed by atoms with Crippen LogP contribution in [0.4, 0.5) is 11.9 Å². The highest BCUT2D eigenvalue weighted by atomic mass is 32.2. The summed E-state index contributed by atoms with van der Waals surface area (Å²) in [6.07, 6.45) is 0. The van der Waals surface area contributed by atoms with Crippen LogP contribution in [0.5, 0.6) is 0 Å². The van der Waals surface area contributed by atoms with Gasteiger partial charge in [-0.25, -0.2) is 0 Å². The predicted octanol–water partition coefficient (Wildman–Crippen LogP) is 4.36. The van der Waals surface area contributed by atoms with Crippen LogP contribution in [0.2, 0.25) is 0 Å². The Hall–Kier alpha value is -3.65. The van der Waals surface area contributed by atoms with Gasteiger partial charge in [0.05, 0.1) is 4.90 Å². The molecule has 32 heavy (non-hydrogen) atoms. The van der Waals surface area contributed by atoms with Gasteiger partial charge in [0, 0.05) is 13.1 Å². The van der Waals surface area contributed by atoms with Crippen molar-refractivity contribution in [1.29, 1.82) is 0 Å². The molecule has 4 rings (SSSR count). The van der Waals surface area contributed by atoms with Crippen LogP contribution in [-0.4, -0.2) is 22.6 Å². The molecule has 8 heteroatoms. The molecule has 0 amide bonds. The molecule has 164 valence electrons. The van der Waals surface area contributed by atoms with Gasteiger partial charge in [-0.05, 0) is 37.1 Å². The van der Waals surface area contributed by atoms with Crippen molar-refractivity contribution >= 4 is 21.9 Å². The molecule has 2 N–H and O–H groups in total. The molecule has 4 aromatic rings. The molecular formula is C24H25N5O2S. The van der Waals surface area contributed by atoms with E-state index in [-0.39, 0.29) is 16.8 Å². The van der Waals surface area contributed by atoms with E-state index in [0.29, 0.717) is 13.1 Å². The minimum Gasteiger partial charge on any atom is -0.349 e. The number of hydrogen-bond donors (Lipinski definition) is 2. The van der Waals surface area contributed by atoms with Gasteiger partial charge in [-0.1, -0.05) is 77.9 Å². The van der Waals surface area contributed by atoms with Gasteiger partial charge in [-0.15, -0.1) is 9.19 Å². The van der Waals surface area contributed by atoms with E-state index in [4.69, 9.17) is 0 Å². The van der Waals surface area contributed by atoms with E-state index >= 15 is 0 Å². The molecule has 0 spiro atoms. The lowest BCUT2D eigenvalue weighted by Crippen LogP contribution is -2.18. The van der Waals surface area contributed by atoms with Crippen molar-refractivity contribution in [3.05, 3.63) is 101 Å². The molecule has 0 aliphatic rings. The maximum atomic E-state index is 13.2. The molecule has 3 aromatic carbocycles. The van der Waals surface area contributed by atoms with Crippen molar-refractivity contribution in [2.75, 3.05) is 10.6 Å². The summed E-state index contributed by atoms with van der Waals surface area (Å²) in [4.78, 5) is 4.56. The zero-order valence-corrected chi connectivity index (χ0v) is 18.8. The first-order valence-corrected chi connectivity index (χ1v) is 11.7. The molecule has 0 bridgehead atoms. The maximum absolute atomic E-state index is 13.2. The third-order valence-corrected chi connectivity index (χ3v) is 6.57. The Morgan fingerprint density at radius 1 is 0.750 bits per heavy atom. The zero-order chi connectivity index (χ0) is 22.6. The van der Waals surface area contributed by atoms with Crippen LogP contribution < -0.4 is 10.6 Å². The average molecular weight is 448 g/mol. The van der Waals surface area contributed by atoms with Gasteiger partial charge in [0.2, 0.25) is 11.9 Å². The molecule has 0 aliphatic carbocycles. The zero-order valence-electron chi connectivity index (χ0n) is 18.0. The summed E-state index contributed by atoms with van der Waals surface area (Å²) >= 11 is 0. The van der Waals surface area contributed by atoms with Crippen LogP contribution in [-0.2, 0) is 23.1 Å². The van der Waals surface area contributed by atoms with E-state index in [2.05, 4.69) is 20.7 Å². The van der Waals surface area contributed by atoms with Gasteiger partial charge in [0.25, 0.3) is 10.0 Å². The van der Waals surface area contributed by atoms with Gasteiger partial charge in [-0.2, -0.15) is 13.4 Å². The molecule has 0 aliphatic heterocycles. The van der Waals surface area contributed by atoms with Crippen molar-refractivity contribution in [2.24, 2.45) is 0 Å². The second kappa shape index (κ2) is 9.23. The van der Waals surface area contributed by atoms with Gasteiger partial charge >= 0.3 is 0 Å². The fourth-order valence-electron chi connectivity index (χ4n) is 3.11. The average Bonchev–Trinajstić information content (AvgIpc) is 3.23. The smallest absolute Gasteiger partial charge is 0.286 e. The van der Waals surface area contributed by atoms with Crippen LogP contribution in [0.3, 0.4) is 0 Å². The first kappa shape index (κ1) is 21.6. The van der Waals surface area contributed by atoms with Gasteiger partial charge in [0.15, 0.2) is 0 Å². The van der Waals surface area contributed by atoms with E-state index in [9.17, 15) is 8.42 Å². The predicted molar refractivity (Wildman–Crippen MR) is 126 cm³/mol. The molecule has 0 atom stereocenters. The first-order valence-electron chi connectivity index (χ1n) is 10.3. The van der Waals surface area contributed by atoms with Crippen molar-refractivity contribution in [1.82, 2.24) is 14.2 Å². The third-order valence-electron chi connectivity index (χ3n) is 4.99. The normalized spacial score (nSPS) is 11.3. The second-order valence-electron chi connectivity index (χ2n) is 7.60. The minimum atomic E-state index is -3.91. The Balaban J connectivity index is 1.61. The Bertz CT molecular complexity index is 1280. The number of hydrogen-bond acceptors (Lipinski definition) is 6. The number of aromatic nitrogens is 3. The van der Waals surface area contributed by atoms with Crippen molar-refractivity contribution in [3.8, 4) is 0 Å². The molecular weight excluding hydrogens is 422 g/mol. The highest BCUT2D eigenvalue weighted by molar-refractivity contribution is 7.90. The SMILES string of the molecule is Cc1ccc(CNc2nc(NCc3ccc(C)cc3)n(S(=O)(=O)c3ccccc3)n2)cc1. The van der Waals surface area contributed by atoms with Crippen LogP contribution in [0, 0.1) is 13.8 Å². The van der Waals surface area contributed by atoms with Crippen molar-refractivity contribution in [2.45, 2.75) is 31.8 Å². The minimum absolute atomic E-state index is 0.147. The number of benzene rings is 3. The summed E-state index contributed by atoms with van der Waals surface area (Å²) in [7, 11) is -3.91. The quantitative estimate of drug-likeness (QED) is 0.417. The Morgan fingerprint density at radius 3 is 1.84 bits per heavy atom. The lowest BCUT2D eigenvalue weighted by atomic mass is 10.1. The summed E-state index contributed by atoms with van der Waals surface area (Å²) in [5.41, 5.74) is 4.39. The molecule has 1 aromatic heterocycles. The lowest BCUT2D eigenvalue weighted by Gasteiger charge is -2.09. The van der Waals surface area contributed by atoms with Crippen LogP contribution >= 0.6 is 0 Å². The molecule has 0 unspecified atom stereocenters. The number of nitrogens with one attached hydrogen (secondary N) is 2. The standard InChI is InChI=1S/C24H25N5O2S/c1-18-8-12-20(13-9-18)16-25-23-27-24(26-17-21-14-10-19(2)11-15-21)29(28-23)32(30,31)22-6-4-3-5-7-22/h3-15H,16-17H2,1-2H3,(H2,25,26,27,28). The molecule has 0 fully saturated rings. The molecule has 0 saturated carbocycles. The number of nitrogens with zero attached hydrogens (tertiary/aromatic N) is 3. The topological polar surface area (TPSA) is 88.9 Å². The largest absolute Gasteiger partial charge is 0.349 e. The first-order chi connectivity index (χ1) is 15.4. The Morgan fingerprint density at radius 2 is 1.28 bits per heavy atom. The van der Waals surface area contributed by atoms with Crippen molar-refractivity contribution < 1.29 is 8.42 Å². The highest BCUT2D eigenvalue weighted by Crippen LogP contribution is 2.20. The monoisotopic (exact) mass is 447 g/mol. The summed E-state index contributed by atoms with van der Waals surface area (Å²) in [5, 5.41) is 10.5. The molecule has 0 saturated heterocycles. The fourth-order valence-corrected chi connectivity index (χ4v) is 4.33. The van der Waals surface area contributed by atoms with Gasteiger partial charge in [0.1, 0.15) is 0 Å². The second-order valence-corrected chi connectivity index (χ2v) is 9.37. The molecule has 0 radical (unpaired) electrons. The Kier molecular flexibility index (Phi) is 6.23. The summed E-state index contributed by atoms with van der Waals surface area (Å²) in [6, 6.07) is 24.3. The number of anilines is 2. The Labute approximate surface area is 188 Å². The lowest BCUT2D eigenvalue weighted by molar-refractivity contribution is 0.580. The summed E-state index contributed by atoms with van der Waals surface area (Å²) < 4.78 is 27.4. The van der Waals surface area contributed by atoms with E-state index in [1.165, 1.54) is 5.56 Å². The molecule has 7 nitrogen and oxygen atoms in total. The molecule has 1 heterocycles. The van der Waals surface area contributed by atoms with E-state index < -0.39 is 10.0 Å². The number of rotatable bonds is 8. The fraction of sp³-hybridized carbons (Fsp3) is 0.167. The van der Waals surface area contributed by atoms with Crippen molar-refractivity contribution in [3.63, 3.8) is 0 Å². The van der Waals surface area contributed by atoms with Crippen LogP contribution in [0.25, 0.3) is 0 Å². The summed E-state index contributed by atoms with van der Waals surface area (Å²) in [5.74, 6) is 0.386. The van der Waals surface area contributed by atoms with E-state index in [1.807, 2.05) is 62.4 Å². The van der Waals surface area contributed by atoms with Gasteiger partial charge in [-0.3, -0.25) is 0 Å². The van der Waals surface area contributed by atoms with Crippen LogP contribution in [0.15, 0.2) is 83.8 Å². The van der Waals surface area contributed by atoms with Gasteiger partial charge < -0.3 is 10.6 Å².